The fraction of sp³-hybridized carbons (Fsp3) is 0.167. The van der Waals surface area contributed by atoms with Crippen LogP contribution in [0.3, 0.4) is 0 Å². The van der Waals surface area contributed by atoms with Crippen molar-refractivity contribution in [2.75, 3.05) is 23.8 Å². The number of amides is 2. The van der Waals surface area contributed by atoms with Crippen LogP contribution in [0, 0.1) is 6.92 Å². The number of hydrogen-bond acceptors (Lipinski definition) is 4. The Bertz CT molecular complexity index is 1070. The maximum Gasteiger partial charge on any atom is 0.262 e. The zero-order valence-corrected chi connectivity index (χ0v) is 18.0. The number of carbonyl (C=O) groups is 2. The SMILES string of the molecule is CCOc1ccccc1NC(=O)COc1ccc(C(=O)Nc2ccc(Cl)cc2C)cc1. The zero-order valence-electron chi connectivity index (χ0n) is 17.3. The molecule has 0 bridgehead atoms. The third kappa shape index (κ3) is 6.23. The van der Waals surface area contributed by atoms with E-state index in [0.717, 1.165) is 5.56 Å². The van der Waals surface area contributed by atoms with E-state index in [1.165, 1.54) is 0 Å². The number of para-hydroxylation sites is 2. The Morgan fingerprint density at radius 2 is 1.65 bits per heavy atom. The molecule has 3 aromatic rings. The highest BCUT2D eigenvalue weighted by Gasteiger charge is 2.10. The van der Waals surface area contributed by atoms with Crippen LogP contribution < -0.4 is 20.1 Å². The fourth-order valence-corrected chi connectivity index (χ4v) is 3.08. The van der Waals surface area contributed by atoms with E-state index in [1.54, 1.807) is 54.6 Å². The first kappa shape index (κ1) is 22.2. The van der Waals surface area contributed by atoms with Crippen LogP contribution in [0.4, 0.5) is 11.4 Å². The summed E-state index contributed by atoms with van der Waals surface area (Å²) in [5.74, 6) is 0.520. The van der Waals surface area contributed by atoms with Crippen LogP contribution in [0.2, 0.25) is 5.02 Å². The lowest BCUT2D eigenvalue weighted by molar-refractivity contribution is -0.118. The highest BCUT2D eigenvalue weighted by molar-refractivity contribution is 6.30. The van der Waals surface area contributed by atoms with Crippen LogP contribution in [0.15, 0.2) is 66.7 Å². The van der Waals surface area contributed by atoms with Crippen molar-refractivity contribution in [2.24, 2.45) is 0 Å². The molecule has 7 heteroatoms. The number of carbonyl (C=O) groups excluding carboxylic acids is 2. The van der Waals surface area contributed by atoms with Gasteiger partial charge in [0.25, 0.3) is 11.8 Å². The number of halogens is 1. The molecule has 2 N–H and O–H groups in total. The van der Waals surface area contributed by atoms with E-state index in [1.807, 2.05) is 26.0 Å². The van der Waals surface area contributed by atoms with Crippen LogP contribution in [-0.4, -0.2) is 25.0 Å². The number of anilines is 2. The van der Waals surface area contributed by atoms with Gasteiger partial charge in [-0.05, 0) is 74.0 Å². The van der Waals surface area contributed by atoms with E-state index in [-0.39, 0.29) is 18.4 Å². The van der Waals surface area contributed by atoms with Gasteiger partial charge in [0, 0.05) is 16.3 Å². The average molecular weight is 439 g/mol. The second-order valence-corrected chi connectivity index (χ2v) is 7.14. The van der Waals surface area contributed by atoms with Gasteiger partial charge in [-0.3, -0.25) is 9.59 Å². The standard InChI is InChI=1S/C24H23ClN2O4/c1-3-30-22-7-5-4-6-21(22)26-23(28)15-31-19-11-8-17(9-12-19)24(29)27-20-13-10-18(25)14-16(20)2/h4-14H,3,15H2,1-2H3,(H,26,28)(H,27,29). The monoisotopic (exact) mass is 438 g/mol. The molecule has 0 saturated carbocycles. The Morgan fingerprint density at radius 1 is 0.903 bits per heavy atom. The van der Waals surface area contributed by atoms with Crippen LogP contribution in [-0.2, 0) is 4.79 Å². The lowest BCUT2D eigenvalue weighted by Gasteiger charge is -2.12. The predicted molar refractivity (Wildman–Crippen MR) is 122 cm³/mol. The first-order valence-corrected chi connectivity index (χ1v) is 10.2. The van der Waals surface area contributed by atoms with Gasteiger partial charge in [-0.1, -0.05) is 23.7 Å². The summed E-state index contributed by atoms with van der Waals surface area (Å²) in [7, 11) is 0. The Morgan fingerprint density at radius 3 is 2.35 bits per heavy atom. The van der Waals surface area contributed by atoms with E-state index >= 15 is 0 Å². The topological polar surface area (TPSA) is 76.7 Å². The Balaban J connectivity index is 1.54. The second kappa shape index (κ2) is 10.5. The number of benzene rings is 3. The van der Waals surface area contributed by atoms with Gasteiger partial charge in [0.05, 0.1) is 12.3 Å². The second-order valence-electron chi connectivity index (χ2n) is 6.70. The van der Waals surface area contributed by atoms with Gasteiger partial charge >= 0.3 is 0 Å². The van der Waals surface area contributed by atoms with Gasteiger partial charge in [0.1, 0.15) is 11.5 Å². The van der Waals surface area contributed by atoms with Gasteiger partial charge in [0.2, 0.25) is 0 Å². The van der Waals surface area contributed by atoms with Crippen molar-refractivity contribution < 1.29 is 19.1 Å². The summed E-state index contributed by atoms with van der Waals surface area (Å²) in [6.07, 6.45) is 0. The summed E-state index contributed by atoms with van der Waals surface area (Å²) in [4.78, 5) is 24.7. The van der Waals surface area contributed by atoms with E-state index in [2.05, 4.69) is 10.6 Å². The molecule has 6 nitrogen and oxygen atoms in total. The molecule has 160 valence electrons. The van der Waals surface area contributed by atoms with Crippen LogP contribution in [0.5, 0.6) is 11.5 Å². The lowest BCUT2D eigenvalue weighted by Crippen LogP contribution is -2.20. The number of rotatable bonds is 8. The zero-order chi connectivity index (χ0) is 22.2. The van der Waals surface area contributed by atoms with Crippen molar-refractivity contribution >= 4 is 34.8 Å². The summed E-state index contributed by atoms with van der Waals surface area (Å²) in [6.45, 7) is 4.08. The van der Waals surface area contributed by atoms with Crippen molar-refractivity contribution in [3.63, 3.8) is 0 Å². The first-order valence-electron chi connectivity index (χ1n) is 9.78. The Labute approximate surface area is 186 Å². The number of aryl methyl sites for hydroxylation is 1. The summed E-state index contributed by atoms with van der Waals surface area (Å²) in [5, 5.41) is 6.23. The van der Waals surface area contributed by atoms with Crippen molar-refractivity contribution in [1.29, 1.82) is 0 Å². The number of ether oxygens (including phenoxy) is 2. The minimum absolute atomic E-state index is 0.171. The predicted octanol–water partition coefficient (Wildman–Crippen LogP) is 5.32. The largest absolute Gasteiger partial charge is 0.492 e. The third-order valence-electron chi connectivity index (χ3n) is 4.38. The van der Waals surface area contributed by atoms with Crippen LogP contribution in [0.1, 0.15) is 22.8 Å². The first-order chi connectivity index (χ1) is 15.0. The minimum Gasteiger partial charge on any atom is -0.492 e. The van der Waals surface area contributed by atoms with E-state index in [4.69, 9.17) is 21.1 Å². The molecule has 0 aliphatic heterocycles. The molecule has 2 amide bonds. The normalized spacial score (nSPS) is 10.3. The average Bonchev–Trinajstić information content (AvgIpc) is 2.76. The van der Waals surface area contributed by atoms with Crippen molar-refractivity contribution in [1.82, 2.24) is 0 Å². The molecule has 31 heavy (non-hydrogen) atoms. The quantitative estimate of drug-likeness (QED) is 0.499. The molecular formula is C24H23ClN2O4. The molecule has 0 fully saturated rings. The number of hydrogen-bond donors (Lipinski definition) is 2. The molecule has 0 aliphatic rings. The molecular weight excluding hydrogens is 416 g/mol. The summed E-state index contributed by atoms with van der Waals surface area (Å²) in [5.41, 5.74) is 2.62. The van der Waals surface area contributed by atoms with Crippen LogP contribution in [0.25, 0.3) is 0 Å². The fourth-order valence-electron chi connectivity index (χ4n) is 2.85. The van der Waals surface area contributed by atoms with E-state index in [9.17, 15) is 9.59 Å². The number of nitrogens with one attached hydrogen (secondary N) is 2. The molecule has 3 aromatic carbocycles. The van der Waals surface area contributed by atoms with Crippen LogP contribution >= 0.6 is 11.6 Å². The molecule has 0 aliphatic carbocycles. The highest BCUT2D eigenvalue weighted by Crippen LogP contribution is 2.24. The maximum absolute atomic E-state index is 12.5. The molecule has 3 rings (SSSR count). The summed E-state index contributed by atoms with van der Waals surface area (Å²) in [6, 6.07) is 19.0. The van der Waals surface area contributed by atoms with Gasteiger partial charge in [0.15, 0.2) is 6.61 Å². The molecule has 0 radical (unpaired) electrons. The molecule has 0 spiro atoms. The molecule has 0 aromatic heterocycles. The summed E-state index contributed by atoms with van der Waals surface area (Å²) < 4.78 is 11.0. The minimum atomic E-state index is -0.313. The smallest absolute Gasteiger partial charge is 0.262 e. The summed E-state index contributed by atoms with van der Waals surface area (Å²) >= 11 is 5.95. The van der Waals surface area contributed by atoms with Crippen molar-refractivity contribution in [3.05, 3.63) is 82.9 Å². The van der Waals surface area contributed by atoms with Crippen molar-refractivity contribution in [3.8, 4) is 11.5 Å². The molecule has 0 saturated heterocycles. The lowest BCUT2D eigenvalue weighted by atomic mass is 10.1. The molecule has 0 unspecified atom stereocenters. The Hall–Kier alpha value is -3.51. The van der Waals surface area contributed by atoms with E-state index < -0.39 is 0 Å². The Kier molecular flexibility index (Phi) is 7.51. The maximum atomic E-state index is 12.5. The van der Waals surface area contributed by atoms with E-state index in [0.29, 0.717) is 40.1 Å². The van der Waals surface area contributed by atoms with Gasteiger partial charge in [-0.2, -0.15) is 0 Å². The third-order valence-corrected chi connectivity index (χ3v) is 4.62. The van der Waals surface area contributed by atoms with Crippen molar-refractivity contribution in [2.45, 2.75) is 13.8 Å². The molecule has 0 atom stereocenters. The highest BCUT2D eigenvalue weighted by atomic mass is 35.5. The van der Waals surface area contributed by atoms with Gasteiger partial charge < -0.3 is 20.1 Å². The molecule has 0 heterocycles. The van der Waals surface area contributed by atoms with Gasteiger partial charge in [-0.25, -0.2) is 0 Å². The van der Waals surface area contributed by atoms with Gasteiger partial charge in [-0.15, -0.1) is 0 Å².